The number of halogens is 2. The summed E-state index contributed by atoms with van der Waals surface area (Å²) >= 11 is 0. The first-order valence-electron chi connectivity index (χ1n) is 7.04. The molecule has 0 radical (unpaired) electrons. The number of alkyl halides is 2. The molecule has 0 aliphatic carbocycles. The molecule has 0 aliphatic heterocycles. The SMILES string of the molecule is OC(Cn1nnnc1-c1ccccn1)c1ccc(OC(F)F)cc1. The molecule has 1 N–H and O–H groups in total. The fourth-order valence-corrected chi connectivity index (χ4v) is 2.15. The summed E-state index contributed by atoms with van der Waals surface area (Å²) in [6.45, 7) is -2.79. The Morgan fingerprint density at radius 1 is 1.12 bits per heavy atom. The summed E-state index contributed by atoms with van der Waals surface area (Å²) < 4.78 is 30.0. The highest BCUT2D eigenvalue weighted by atomic mass is 19.3. The van der Waals surface area contributed by atoms with Gasteiger partial charge in [-0.05, 0) is 40.3 Å². The van der Waals surface area contributed by atoms with Crippen molar-refractivity contribution >= 4 is 0 Å². The second kappa shape index (κ2) is 7.09. The number of nitrogens with zero attached hydrogens (tertiary/aromatic N) is 5. The summed E-state index contributed by atoms with van der Waals surface area (Å²) in [4.78, 5) is 4.17. The normalized spacial score (nSPS) is 12.3. The zero-order valence-electron chi connectivity index (χ0n) is 12.3. The van der Waals surface area contributed by atoms with Gasteiger partial charge >= 0.3 is 6.61 Å². The van der Waals surface area contributed by atoms with E-state index in [2.05, 4.69) is 25.2 Å². The van der Waals surface area contributed by atoms with E-state index in [1.165, 1.54) is 28.9 Å². The maximum Gasteiger partial charge on any atom is 0.387 e. The number of rotatable bonds is 6. The highest BCUT2D eigenvalue weighted by molar-refractivity contribution is 5.47. The van der Waals surface area contributed by atoms with Gasteiger partial charge in [-0.3, -0.25) is 4.98 Å². The van der Waals surface area contributed by atoms with Crippen molar-refractivity contribution in [2.75, 3.05) is 0 Å². The molecule has 3 rings (SSSR count). The lowest BCUT2D eigenvalue weighted by Gasteiger charge is -2.12. The average molecular weight is 333 g/mol. The van der Waals surface area contributed by atoms with E-state index in [1.54, 1.807) is 24.4 Å². The van der Waals surface area contributed by atoms with Crippen molar-refractivity contribution in [2.24, 2.45) is 0 Å². The summed E-state index contributed by atoms with van der Waals surface area (Å²) in [6, 6.07) is 11.1. The van der Waals surface area contributed by atoms with Crippen LogP contribution < -0.4 is 4.74 Å². The molecule has 124 valence electrons. The van der Waals surface area contributed by atoms with Gasteiger partial charge in [0.2, 0.25) is 5.82 Å². The lowest BCUT2D eigenvalue weighted by atomic mass is 10.1. The second-order valence-corrected chi connectivity index (χ2v) is 4.86. The van der Waals surface area contributed by atoms with Crippen LogP contribution in [0.5, 0.6) is 5.75 Å². The molecule has 1 atom stereocenters. The average Bonchev–Trinajstić information content (AvgIpc) is 3.04. The lowest BCUT2D eigenvalue weighted by molar-refractivity contribution is -0.0498. The summed E-state index contributed by atoms with van der Waals surface area (Å²) in [5, 5.41) is 21.7. The Bertz CT molecular complexity index is 780. The predicted molar refractivity (Wildman–Crippen MR) is 79.1 cm³/mol. The third kappa shape index (κ3) is 3.69. The Labute approximate surface area is 135 Å². The van der Waals surface area contributed by atoms with Crippen molar-refractivity contribution in [3.8, 4) is 17.3 Å². The van der Waals surface area contributed by atoms with E-state index in [4.69, 9.17) is 0 Å². The fourth-order valence-electron chi connectivity index (χ4n) is 2.15. The standard InChI is InChI=1S/C15H13F2N5O2/c16-15(17)24-11-6-4-10(5-7-11)13(23)9-22-14(19-20-21-22)12-3-1-2-8-18-12/h1-8,13,15,23H,9H2. The summed E-state index contributed by atoms with van der Waals surface area (Å²) in [6.07, 6.45) is 0.698. The Morgan fingerprint density at radius 3 is 2.58 bits per heavy atom. The van der Waals surface area contributed by atoms with Gasteiger partial charge in [0.15, 0.2) is 0 Å². The van der Waals surface area contributed by atoms with Crippen LogP contribution in [0, 0.1) is 0 Å². The number of tetrazole rings is 1. The Hall–Kier alpha value is -2.94. The van der Waals surface area contributed by atoms with Crippen LogP contribution in [-0.2, 0) is 6.54 Å². The molecule has 1 unspecified atom stereocenters. The smallest absolute Gasteiger partial charge is 0.387 e. The van der Waals surface area contributed by atoms with Gasteiger partial charge < -0.3 is 9.84 Å². The summed E-state index contributed by atoms with van der Waals surface area (Å²) in [5.74, 6) is 0.449. The van der Waals surface area contributed by atoms with E-state index in [-0.39, 0.29) is 12.3 Å². The van der Waals surface area contributed by atoms with Crippen molar-refractivity contribution in [1.29, 1.82) is 0 Å². The molecule has 0 spiro atoms. The molecule has 3 aromatic rings. The number of aliphatic hydroxyl groups excluding tert-OH is 1. The first-order valence-corrected chi connectivity index (χ1v) is 7.04. The molecule has 2 aromatic heterocycles. The number of pyridine rings is 1. The minimum Gasteiger partial charge on any atom is -0.435 e. The highest BCUT2D eigenvalue weighted by Crippen LogP contribution is 2.21. The Balaban J connectivity index is 1.74. The molecule has 0 saturated heterocycles. The van der Waals surface area contributed by atoms with Gasteiger partial charge in [-0.2, -0.15) is 8.78 Å². The molecular weight excluding hydrogens is 320 g/mol. The van der Waals surface area contributed by atoms with Crippen LogP contribution in [0.25, 0.3) is 11.5 Å². The van der Waals surface area contributed by atoms with E-state index in [0.717, 1.165) is 0 Å². The first-order chi connectivity index (χ1) is 11.6. The van der Waals surface area contributed by atoms with E-state index in [1.807, 2.05) is 0 Å². The number of ether oxygens (including phenoxy) is 1. The zero-order valence-corrected chi connectivity index (χ0v) is 12.3. The van der Waals surface area contributed by atoms with Gasteiger partial charge in [-0.1, -0.05) is 18.2 Å². The Kier molecular flexibility index (Phi) is 4.71. The van der Waals surface area contributed by atoms with Gasteiger partial charge in [-0.25, -0.2) is 4.68 Å². The highest BCUT2D eigenvalue weighted by Gasteiger charge is 2.15. The number of benzene rings is 1. The molecule has 24 heavy (non-hydrogen) atoms. The molecule has 7 nitrogen and oxygen atoms in total. The maximum absolute atomic E-state index is 12.1. The molecule has 0 aliphatic rings. The number of hydrogen-bond acceptors (Lipinski definition) is 6. The lowest BCUT2D eigenvalue weighted by Crippen LogP contribution is -2.12. The molecule has 0 bridgehead atoms. The number of aliphatic hydroxyl groups is 1. The van der Waals surface area contributed by atoms with Crippen molar-refractivity contribution in [3.05, 3.63) is 54.2 Å². The van der Waals surface area contributed by atoms with E-state index >= 15 is 0 Å². The van der Waals surface area contributed by atoms with Gasteiger partial charge in [0.05, 0.1) is 12.6 Å². The predicted octanol–water partition coefficient (Wildman–Crippen LogP) is 2.07. The number of aromatic nitrogens is 5. The molecule has 0 saturated carbocycles. The molecule has 0 amide bonds. The van der Waals surface area contributed by atoms with Crippen LogP contribution in [0.15, 0.2) is 48.7 Å². The molecule has 1 aromatic carbocycles. The minimum atomic E-state index is -2.89. The van der Waals surface area contributed by atoms with Crippen LogP contribution in [0.1, 0.15) is 11.7 Å². The van der Waals surface area contributed by atoms with Crippen molar-refractivity contribution in [1.82, 2.24) is 25.2 Å². The summed E-state index contributed by atoms with van der Waals surface area (Å²) in [7, 11) is 0. The van der Waals surface area contributed by atoms with Crippen LogP contribution in [0.4, 0.5) is 8.78 Å². The van der Waals surface area contributed by atoms with E-state index in [9.17, 15) is 13.9 Å². The first kappa shape index (κ1) is 15.9. The van der Waals surface area contributed by atoms with Crippen LogP contribution >= 0.6 is 0 Å². The minimum absolute atomic E-state index is 0.0255. The van der Waals surface area contributed by atoms with Crippen LogP contribution in [0.2, 0.25) is 0 Å². The molecule has 0 fully saturated rings. The van der Waals surface area contributed by atoms with Gasteiger partial charge in [0.25, 0.3) is 0 Å². The van der Waals surface area contributed by atoms with Gasteiger partial charge in [0.1, 0.15) is 11.4 Å². The summed E-state index contributed by atoms with van der Waals surface area (Å²) in [5.41, 5.74) is 1.11. The van der Waals surface area contributed by atoms with Crippen LogP contribution in [0.3, 0.4) is 0 Å². The second-order valence-electron chi connectivity index (χ2n) is 4.86. The van der Waals surface area contributed by atoms with Gasteiger partial charge in [-0.15, -0.1) is 5.10 Å². The maximum atomic E-state index is 12.1. The third-order valence-corrected chi connectivity index (χ3v) is 3.26. The molecule has 9 heteroatoms. The number of hydrogen-bond donors (Lipinski definition) is 1. The van der Waals surface area contributed by atoms with Gasteiger partial charge in [0, 0.05) is 6.20 Å². The van der Waals surface area contributed by atoms with Crippen molar-refractivity contribution in [2.45, 2.75) is 19.3 Å². The fraction of sp³-hybridized carbons (Fsp3) is 0.200. The van der Waals surface area contributed by atoms with Crippen molar-refractivity contribution in [3.63, 3.8) is 0 Å². The third-order valence-electron chi connectivity index (χ3n) is 3.26. The van der Waals surface area contributed by atoms with E-state index < -0.39 is 12.7 Å². The van der Waals surface area contributed by atoms with Crippen molar-refractivity contribution < 1.29 is 18.6 Å². The zero-order chi connectivity index (χ0) is 16.9. The monoisotopic (exact) mass is 333 g/mol. The van der Waals surface area contributed by atoms with Crippen LogP contribution in [-0.4, -0.2) is 36.9 Å². The Morgan fingerprint density at radius 2 is 1.92 bits per heavy atom. The quantitative estimate of drug-likeness (QED) is 0.743. The largest absolute Gasteiger partial charge is 0.435 e. The topological polar surface area (TPSA) is 86.0 Å². The molecule has 2 heterocycles. The van der Waals surface area contributed by atoms with E-state index in [0.29, 0.717) is 17.1 Å². The molecular formula is C15H13F2N5O2.